The zero-order valence-corrected chi connectivity index (χ0v) is 16.2. The number of benzene rings is 3. The number of carbonyl (C=O) groups is 1. The normalized spacial score (nSPS) is 11.0. The number of hydrogen-bond acceptors (Lipinski definition) is 3. The first-order chi connectivity index (χ1) is 13.5. The summed E-state index contributed by atoms with van der Waals surface area (Å²) < 4.78 is 1.78. The molecule has 0 aliphatic rings. The molecule has 7 heteroatoms. The Morgan fingerprint density at radius 3 is 2.46 bits per heavy atom. The highest BCUT2D eigenvalue weighted by atomic mass is 35.5. The zero-order valence-electron chi connectivity index (χ0n) is 14.7. The van der Waals surface area contributed by atoms with E-state index in [1.807, 2.05) is 36.4 Å². The van der Waals surface area contributed by atoms with Crippen molar-refractivity contribution in [3.63, 3.8) is 0 Å². The Labute approximate surface area is 171 Å². The Morgan fingerprint density at radius 2 is 1.71 bits per heavy atom. The highest BCUT2D eigenvalue weighted by Gasteiger charge is 2.21. The van der Waals surface area contributed by atoms with E-state index in [9.17, 15) is 4.79 Å². The third-order valence-corrected chi connectivity index (χ3v) is 5.03. The molecular weight excluding hydrogens is 395 g/mol. The summed E-state index contributed by atoms with van der Waals surface area (Å²) in [6.07, 6.45) is 0. The standard InChI is InChI=1S/C21H16Cl2N4O/c22-16-11-10-15(18(23)12-16)13-26-19-9-5-4-8-17(19)20(25-26)27(24)21(28)14-6-2-1-3-7-14/h1-12H,13,24H2. The molecule has 0 saturated carbocycles. The number of hydrazine groups is 1. The second kappa shape index (κ2) is 7.64. The lowest BCUT2D eigenvalue weighted by molar-refractivity contribution is 0.0986. The van der Waals surface area contributed by atoms with E-state index in [2.05, 4.69) is 5.10 Å². The maximum Gasteiger partial charge on any atom is 0.273 e. The van der Waals surface area contributed by atoms with E-state index >= 15 is 0 Å². The SMILES string of the molecule is NN(C(=O)c1ccccc1)c1nn(Cc2ccc(Cl)cc2Cl)c2ccccc12. The van der Waals surface area contributed by atoms with Crippen molar-refractivity contribution in [2.45, 2.75) is 6.54 Å². The van der Waals surface area contributed by atoms with Gasteiger partial charge in [0.05, 0.1) is 12.1 Å². The average Bonchev–Trinajstić information content (AvgIpc) is 3.08. The smallest absolute Gasteiger partial charge is 0.267 e. The number of aromatic nitrogens is 2. The summed E-state index contributed by atoms with van der Waals surface area (Å²) in [5.74, 6) is 6.21. The van der Waals surface area contributed by atoms with Crippen molar-refractivity contribution in [3.8, 4) is 0 Å². The number of hydrogen-bond donors (Lipinski definition) is 1. The van der Waals surface area contributed by atoms with Crippen molar-refractivity contribution in [2.75, 3.05) is 5.01 Å². The van der Waals surface area contributed by atoms with Gasteiger partial charge in [-0.15, -0.1) is 0 Å². The van der Waals surface area contributed by atoms with E-state index in [0.29, 0.717) is 28.0 Å². The van der Waals surface area contributed by atoms with Gasteiger partial charge in [0.1, 0.15) is 0 Å². The Morgan fingerprint density at radius 1 is 1.00 bits per heavy atom. The molecule has 1 heterocycles. The molecule has 0 fully saturated rings. The first-order valence-corrected chi connectivity index (χ1v) is 9.34. The lowest BCUT2D eigenvalue weighted by atomic mass is 10.2. The van der Waals surface area contributed by atoms with Gasteiger partial charge in [-0.2, -0.15) is 5.10 Å². The molecule has 0 bridgehead atoms. The van der Waals surface area contributed by atoms with Gasteiger partial charge in [-0.1, -0.05) is 59.6 Å². The zero-order chi connectivity index (χ0) is 19.7. The van der Waals surface area contributed by atoms with Crippen LogP contribution in [0.2, 0.25) is 10.0 Å². The number of carbonyl (C=O) groups excluding carboxylic acids is 1. The Hall–Kier alpha value is -2.86. The van der Waals surface area contributed by atoms with Crippen molar-refractivity contribution in [3.05, 3.63) is 94.0 Å². The number of nitrogens with two attached hydrogens (primary N) is 1. The minimum atomic E-state index is -0.333. The van der Waals surface area contributed by atoms with Crippen LogP contribution in [0.3, 0.4) is 0 Å². The number of anilines is 1. The van der Waals surface area contributed by atoms with Gasteiger partial charge >= 0.3 is 0 Å². The van der Waals surface area contributed by atoms with Gasteiger partial charge in [-0.05, 0) is 42.0 Å². The van der Waals surface area contributed by atoms with Crippen LogP contribution in [0.4, 0.5) is 5.82 Å². The molecule has 0 saturated heterocycles. The molecule has 5 nitrogen and oxygen atoms in total. The topological polar surface area (TPSA) is 64.2 Å². The lowest BCUT2D eigenvalue weighted by Gasteiger charge is -2.14. The van der Waals surface area contributed by atoms with Crippen molar-refractivity contribution >= 4 is 45.8 Å². The number of amides is 1. The Kier molecular flexibility index (Phi) is 5.05. The number of halogens is 2. The van der Waals surface area contributed by atoms with Crippen LogP contribution in [0.25, 0.3) is 10.9 Å². The number of nitrogens with zero attached hydrogens (tertiary/aromatic N) is 3. The van der Waals surface area contributed by atoms with Gasteiger partial charge < -0.3 is 0 Å². The molecule has 1 aromatic heterocycles. The van der Waals surface area contributed by atoms with Gasteiger partial charge in [-0.3, -0.25) is 9.48 Å². The van der Waals surface area contributed by atoms with Gasteiger partial charge in [0.25, 0.3) is 5.91 Å². The van der Waals surface area contributed by atoms with Crippen molar-refractivity contribution in [1.82, 2.24) is 9.78 Å². The van der Waals surface area contributed by atoms with Crippen LogP contribution in [-0.2, 0) is 6.54 Å². The molecule has 4 aromatic rings. The van der Waals surface area contributed by atoms with E-state index < -0.39 is 0 Å². The number of para-hydroxylation sites is 1. The number of rotatable bonds is 4. The van der Waals surface area contributed by atoms with E-state index in [1.54, 1.807) is 41.1 Å². The van der Waals surface area contributed by atoms with Crippen LogP contribution in [0.5, 0.6) is 0 Å². The maximum atomic E-state index is 12.8. The van der Waals surface area contributed by atoms with E-state index in [4.69, 9.17) is 29.0 Å². The van der Waals surface area contributed by atoms with Crippen LogP contribution in [0, 0.1) is 0 Å². The molecule has 140 valence electrons. The lowest BCUT2D eigenvalue weighted by Crippen LogP contribution is -2.38. The largest absolute Gasteiger partial charge is 0.273 e. The summed E-state index contributed by atoms with van der Waals surface area (Å²) in [6, 6.07) is 21.8. The fourth-order valence-corrected chi connectivity index (χ4v) is 3.50. The van der Waals surface area contributed by atoms with Crippen LogP contribution < -0.4 is 10.9 Å². The fourth-order valence-electron chi connectivity index (χ4n) is 3.04. The summed E-state index contributed by atoms with van der Waals surface area (Å²) in [6.45, 7) is 0.421. The third kappa shape index (κ3) is 3.47. The molecule has 0 spiro atoms. The highest BCUT2D eigenvalue weighted by Crippen LogP contribution is 2.28. The molecule has 28 heavy (non-hydrogen) atoms. The summed E-state index contributed by atoms with van der Waals surface area (Å²) in [5, 5.41) is 7.58. The molecule has 0 aliphatic heterocycles. The maximum absolute atomic E-state index is 12.8. The summed E-state index contributed by atoms with van der Waals surface area (Å²) in [4.78, 5) is 12.8. The van der Waals surface area contributed by atoms with Crippen LogP contribution in [-0.4, -0.2) is 15.7 Å². The highest BCUT2D eigenvalue weighted by molar-refractivity contribution is 6.35. The Bertz CT molecular complexity index is 1160. The van der Waals surface area contributed by atoms with E-state index in [-0.39, 0.29) is 5.91 Å². The predicted molar refractivity (Wildman–Crippen MR) is 113 cm³/mol. The van der Waals surface area contributed by atoms with Crippen molar-refractivity contribution in [2.24, 2.45) is 5.84 Å². The van der Waals surface area contributed by atoms with Gasteiger partial charge in [0.2, 0.25) is 0 Å². The number of fused-ring (bicyclic) bond motifs is 1. The Balaban J connectivity index is 1.75. The predicted octanol–water partition coefficient (Wildman–Crippen LogP) is 4.91. The monoisotopic (exact) mass is 410 g/mol. The van der Waals surface area contributed by atoms with Crippen LogP contribution in [0.1, 0.15) is 15.9 Å². The van der Waals surface area contributed by atoms with E-state index in [0.717, 1.165) is 21.5 Å². The summed E-state index contributed by atoms with van der Waals surface area (Å²) in [5.41, 5.74) is 2.20. The second-order valence-corrected chi connectivity index (χ2v) is 7.12. The van der Waals surface area contributed by atoms with E-state index in [1.165, 1.54) is 0 Å². The van der Waals surface area contributed by atoms with Crippen LogP contribution >= 0.6 is 23.2 Å². The van der Waals surface area contributed by atoms with Crippen LogP contribution in [0.15, 0.2) is 72.8 Å². The summed E-state index contributed by atoms with van der Waals surface area (Å²) in [7, 11) is 0. The minimum Gasteiger partial charge on any atom is -0.267 e. The first-order valence-electron chi connectivity index (χ1n) is 8.58. The quantitative estimate of drug-likeness (QED) is 0.295. The third-order valence-electron chi connectivity index (χ3n) is 4.44. The summed E-state index contributed by atoms with van der Waals surface area (Å²) >= 11 is 12.3. The molecule has 4 rings (SSSR count). The van der Waals surface area contributed by atoms with Gasteiger partial charge in [-0.25, -0.2) is 10.9 Å². The molecule has 0 unspecified atom stereocenters. The average molecular weight is 411 g/mol. The molecule has 0 atom stereocenters. The van der Waals surface area contributed by atoms with Crippen molar-refractivity contribution < 1.29 is 4.79 Å². The first kappa shape index (κ1) is 18.5. The molecule has 0 radical (unpaired) electrons. The molecule has 0 aliphatic carbocycles. The molecule has 3 aromatic carbocycles. The second-order valence-electron chi connectivity index (χ2n) is 6.28. The van der Waals surface area contributed by atoms with Gasteiger partial charge in [0.15, 0.2) is 5.82 Å². The van der Waals surface area contributed by atoms with Crippen molar-refractivity contribution in [1.29, 1.82) is 0 Å². The fraction of sp³-hybridized carbons (Fsp3) is 0.0476. The minimum absolute atomic E-state index is 0.333. The molecular formula is C21H16Cl2N4O. The molecule has 1 amide bonds. The molecule has 2 N–H and O–H groups in total. The van der Waals surface area contributed by atoms with Gasteiger partial charge in [0, 0.05) is 21.0 Å².